The number of aromatic nitrogens is 1. The van der Waals surface area contributed by atoms with E-state index in [9.17, 15) is 19.5 Å². The van der Waals surface area contributed by atoms with E-state index in [1.54, 1.807) is 55.5 Å². The number of rotatable bonds is 8. The Bertz CT molecular complexity index is 1690. The third kappa shape index (κ3) is 5.48. The van der Waals surface area contributed by atoms with E-state index in [0.29, 0.717) is 34.9 Å². The molecule has 0 radical (unpaired) electrons. The fourth-order valence-corrected chi connectivity index (χ4v) is 5.74. The lowest BCUT2D eigenvalue weighted by Crippen LogP contribution is -2.29. The standard InChI is InChI=1S/C32H28N2O7S/c1-18-6-5-7-20(16-18)17-41-24-14-10-22(11-15-24)27(35)25-26(21-8-12-23(39-3)13-9-21)34(30(37)28(25)36)32-33-19(2)29(42-32)31(38)40-4/h5-16,26,35H,17H2,1-4H3. The Kier molecular flexibility index (Phi) is 8.08. The quantitative estimate of drug-likeness (QED) is 0.120. The summed E-state index contributed by atoms with van der Waals surface area (Å²) in [5.41, 5.74) is 3.29. The van der Waals surface area contributed by atoms with Crippen LogP contribution in [0.3, 0.4) is 0 Å². The second-order valence-corrected chi connectivity index (χ2v) is 10.6. The minimum atomic E-state index is -1.01. The second-order valence-electron chi connectivity index (χ2n) is 9.65. The molecule has 0 spiro atoms. The number of carbonyl (C=O) groups excluding carboxylic acids is 3. The number of ketones is 1. The molecule has 1 unspecified atom stereocenters. The summed E-state index contributed by atoms with van der Waals surface area (Å²) in [5.74, 6) is -1.54. The molecule has 1 amide bonds. The monoisotopic (exact) mass is 584 g/mol. The molecule has 0 saturated carbocycles. The van der Waals surface area contributed by atoms with Gasteiger partial charge in [-0.3, -0.25) is 14.5 Å². The Morgan fingerprint density at radius 1 is 0.976 bits per heavy atom. The molecule has 42 heavy (non-hydrogen) atoms. The van der Waals surface area contributed by atoms with Gasteiger partial charge in [0.05, 0.1) is 31.5 Å². The molecule has 1 fully saturated rings. The largest absolute Gasteiger partial charge is 0.507 e. The highest BCUT2D eigenvalue weighted by Crippen LogP contribution is 2.44. The number of aliphatic hydroxyl groups excluding tert-OH is 1. The minimum Gasteiger partial charge on any atom is -0.507 e. The molecule has 4 aromatic rings. The van der Waals surface area contributed by atoms with Crippen molar-refractivity contribution in [1.82, 2.24) is 4.98 Å². The number of thiazole rings is 1. The number of anilines is 1. The van der Waals surface area contributed by atoms with Crippen LogP contribution in [-0.4, -0.2) is 42.0 Å². The van der Waals surface area contributed by atoms with Crippen molar-refractivity contribution in [3.8, 4) is 11.5 Å². The summed E-state index contributed by atoms with van der Waals surface area (Å²) in [6.45, 7) is 4.00. The topological polar surface area (TPSA) is 115 Å². The molecule has 0 bridgehead atoms. The Hall–Kier alpha value is -4.96. The van der Waals surface area contributed by atoms with Crippen molar-refractivity contribution in [2.75, 3.05) is 19.1 Å². The summed E-state index contributed by atoms with van der Waals surface area (Å²) in [6, 6.07) is 20.4. The molecule has 1 aliphatic heterocycles. The molecule has 2 heterocycles. The van der Waals surface area contributed by atoms with Gasteiger partial charge in [0.15, 0.2) is 5.13 Å². The maximum atomic E-state index is 13.5. The van der Waals surface area contributed by atoms with Gasteiger partial charge in [0.1, 0.15) is 28.7 Å². The predicted octanol–water partition coefficient (Wildman–Crippen LogP) is 5.76. The number of hydrogen-bond donors (Lipinski definition) is 1. The number of amides is 1. The van der Waals surface area contributed by atoms with Crippen molar-refractivity contribution in [2.24, 2.45) is 0 Å². The number of benzene rings is 3. The zero-order chi connectivity index (χ0) is 30.0. The zero-order valence-electron chi connectivity index (χ0n) is 23.4. The number of nitrogens with zero attached hydrogens (tertiary/aromatic N) is 2. The summed E-state index contributed by atoms with van der Waals surface area (Å²) >= 11 is 0.939. The lowest BCUT2D eigenvalue weighted by atomic mass is 9.95. The van der Waals surface area contributed by atoms with Crippen LogP contribution < -0.4 is 14.4 Å². The van der Waals surface area contributed by atoms with E-state index in [1.165, 1.54) is 19.1 Å². The van der Waals surface area contributed by atoms with Crippen molar-refractivity contribution in [2.45, 2.75) is 26.5 Å². The van der Waals surface area contributed by atoms with Crippen LogP contribution in [0.2, 0.25) is 0 Å². The Morgan fingerprint density at radius 3 is 2.31 bits per heavy atom. The van der Waals surface area contributed by atoms with E-state index in [2.05, 4.69) is 4.98 Å². The summed E-state index contributed by atoms with van der Waals surface area (Å²) in [7, 11) is 2.78. The first kappa shape index (κ1) is 28.6. The van der Waals surface area contributed by atoms with Crippen molar-refractivity contribution >= 4 is 39.9 Å². The molecule has 1 N–H and O–H groups in total. The summed E-state index contributed by atoms with van der Waals surface area (Å²) in [4.78, 5) is 45.0. The SMILES string of the molecule is COC(=O)c1sc(N2C(=O)C(=O)C(=C(O)c3ccc(OCc4cccc(C)c4)cc3)C2c2ccc(OC)cc2)nc1C. The van der Waals surface area contributed by atoms with Crippen molar-refractivity contribution in [3.63, 3.8) is 0 Å². The average Bonchev–Trinajstić information content (AvgIpc) is 3.51. The number of aliphatic hydroxyl groups is 1. The van der Waals surface area contributed by atoms with Gasteiger partial charge in [0, 0.05) is 5.56 Å². The smallest absolute Gasteiger partial charge is 0.350 e. The van der Waals surface area contributed by atoms with Gasteiger partial charge in [-0.15, -0.1) is 0 Å². The normalized spacial score (nSPS) is 16.0. The van der Waals surface area contributed by atoms with Crippen LogP contribution in [0.5, 0.6) is 11.5 Å². The van der Waals surface area contributed by atoms with E-state index in [-0.39, 0.29) is 21.3 Å². The molecule has 0 aliphatic carbocycles. The van der Waals surface area contributed by atoms with Crippen LogP contribution in [0.4, 0.5) is 5.13 Å². The number of ether oxygens (including phenoxy) is 3. The zero-order valence-corrected chi connectivity index (χ0v) is 24.2. The first-order chi connectivity index (χ1) is 20.2. The van der Waals surface area contributed by atoms with Crippen LogP contribution >= 0.6 is 11.3 Å². The number of esters is 1. The highest BCUT2D eigenvalue weighted by Gasteiger charge is 2.48. The number of hydrogen-bond acceptors (Lipinski definition) is 9. The first-order valence-corrected chi connectivity index (χ1v) is 13.8. The summed E-state index contributed by atoms with van der Waals surface area (Å²) < 4.78 is 16.0. The molecule has 10 heteroatoms. The van der Waals surface area contributed by atoms with Crippen LogP contribution in [0, 0.1) is 13.8 Å². The number of methoxy groups -OCH3 is 2. The van der Waals surface area contributed by atoms with Crippen molar-refractivity contribution in [3.05, 3.63) is 111 Å². The van der Waals surface area contributed by atoms with Gasteiger partial charge >= 0.3 is 11.9 Å². The van der Waals surface area contributed by atoms with E-state index < -0.39 is 23.7 Å². The van der Waals surface area contributed by atoms with Crippen LogP contribution in [0.1, 0.15) is 43.7 Å². The van der Waals surface area contributed by atoms with E-state index >= 15 is 0 Å². The van der Waals surface area contributed by atoms with Crippen LogP contribution in [0.15, 0.2) is 78.4 Å². The molecule has 1 aliphatic rings. The molecular weight excluding hydrogens is 556 g/mol. The molecule has 1 saturated heterocycles. The third-order valence-corrected chi connectivity index (χ3v) is 7.99. The van der Waals surface area contributed by atoms with Gasteiger partial charge in [-0.05, 0) is 61.4 Å². The van der Waals surface area contributed by atoms with Crippen molar-refractivity contribution < 1.29 is 33.7 Å². The number of aryl methyl sites for hydroxylation is 2. The minimum absolute atomic E-state index is 0.105. The van der Waals surface area contributed by atoms with Gasteiger partial charge in [-0.25, -0.2) is 9.78 Å². The van der Waals surface area contributed by atoms with Crippen LogP contribution in [0.25, 0.3) is 5.76 Å². The molecule has 9 nitrogen and oxygen atoms in total. The molecular formula is C32H28N2O7S. The number of carbonyl (C=O) groups is 3. The Morgan fingerprint density at radius 2 is 1.67 bits per heavy atom. The third-order valence-electron chi connectivity index (χ3n) is 6.85. The molecule has 1 aromatic heterocycles. The average molecular weight is 585 g/mol. The van der Waals surface area contributed by atoms with E-state index in [1.807, 2.05) is 31.2 Å². The molecule has 214 valence electrons. The van der Waals surface area contributed by atoms with Gasteiger partial charge in [0.2, 0.25) is 0 Å². The summed E-state index contributed by atoms with van der Waals surface area (Å²) in [5, 5.41) is 11.6. The summed E-state index contributed by atoms with van der Waals surface area (Å²) in [6.07, 6.45) is 0. The Labute approximate surface area is 246 Å². The fraction of sp³-hybridized carbons (Fsp3) is 0.188. The van der Waals surface area contributed by atoms with Crippen molar-refractivity contribution in [1.29, 1.82) is 0 Å². The van der Waals surface area contributed by atoms with Gasteiger partial charge in [-0.2, -0.15) is 0 Å². The van der Waals surface area contributed by atoms with E-state index in [0.717, 1.165) is 22.5 Å². The van der Waals surface area contributed by atoms with Gasteiger partial charge in [-0.1, -0.05) is 53.3 Å². The highest BCUT2D eigenvalue weighted by molar-refractivity contribution is 7.17. The molecule has 3 aromatic carbocycles. The molecule has 1 atom stereocenters. The second kappa shape index (κ2) is 11.9. The predicted molar refractivity (Wildman–Crippen MR) is 158 cm³/mol. The maximum Gasteiger partial charge on any atom is 0.350 e. The molecule has 5 rings (SSSR count). The lowest BCUT2D eigenvalue weighted by molar-refractivity contribution is -0.132. The Balaban J connectivity index is 1.53. The number of Topliss-reactive ketones (excluding diaryl/α,β-unsaturated/α-hetero) is 1. The van der Waals surface area contributed by atoms with Gasteiger partial charge < -0.3 is 19.3 Å². The van der Waals surface area contributed by atoms with Gasteiger partial charge in [0.25, 0.3) is 5.78 Å². The fourth-order valence-electron chi connectivity index (χ4n) is 4.73. The first-order valence-electron chi connectivity index (χ1n) is 13.0. The maximum absolute atomic E-state index is 13.5. The van der Waals surface area contributed by atoms with Crippen LogP contribution in [-0.2, 0) is 20.9 Å². The van der Waals surface area contributed by atoms with E-state index in [4.69, 9.17) is 14.2 Å². The highest BCUT2D eigenvalue weighted by atomic mass is 32.1. The lowest BCUT2D eigenvalue weighted by Gasteiger charge is -2.23.